The zero-order valence-electron chi connectivity index (χ0n) is 20.1. The molecule has 1 amide bonds. The molecule has 2 N–H and O–H groups in total. The predicted octanol–water partition coefficient (Wildman–Crippen LogP) is 6.25. The van der Waals surface area contributed by atoms with Crippen LogP contribution in [0.4, 0.5) is 30.7 Å². The number of rotatable bonds is 7. The van der Waals surface area contributed by atoms with E-state index in [9.17, 15) is 40.3 Å². The minimum Gasteiger partial charge on any atom is -0.374 e. The highest BCUT2D eigenvalue weighted by Gasteiger charge is 2.63. The van der Waals surface area contributed by atoms with Gasteiger partial charge in [0.05, 0.1) is 32.8 Å². The standard InChI is InChI=1S/C24H18Cl2F7N3O3S/c25-15-5-11(6-16(26)18(15)27)22(24(31,32)33)7-17(36-39-22)19-13-3-1-2-4-14(13)20(40-19)21(38)34-8-12(9-37)35-10-23(28,29)30/h5-6,35H,1-4,7-8,10H2,(H,34,38). The third-order valence-corrected chi connectivity index (χ3v) is 8.25. The lowest BCUT2D eigenvalue weighted by Crippen LogP contribution is -2.42. The van der Waals surface area contributed by atoms with Crippen LogP contribution in [0.1, 0.15) is 50.5 Å². The smallest absolute Gasteiger partial charge is 0.374 e. The average Bonchev–Trinajstić information content (AvgIpc) is 3.49. The summed E-state index contributed by atoms with van der Waals surface area (Å²) >= 11 is 12.4. The van der Waals surface area contributed by atoms with Crippen molar-refractivity contribution < 1.29 is 45.2 Å². The fourth-order valence-corrected chi connectivity index (χ4v) is 6.23. The van der Waals surface area contributed by atoms with Crippen LogP contribution in [0.25, 0.3) is 0 Å². The first-order valence-electron chi connectivity index (χ1n) is 11.6. The van der Waals surface area contributed by atoms with Gasteiger partial charge < -0.3 is 15.5 Å². The van der Waals surface area contributed by atoms with Gasteiger partial charge in [-0.3, -0.25) is 4.79 Å². The Morgan fingerprint density at radius 1 is 1.07 bits per heavy atom. The number of oxime groups is 1. The molecule has 40 heavy (non-hydrogen) atoms. The summed E-state index contributed by atoms with van der Waals surface area (Å²) in [5.74, 6) is -0.514. The summed E-state index contributed by atoms with van der Waals surface area (Å²) in [6.45, 7) is -2.08. The Kier molecular flexibility index (Phi) is 8.47. The SMILES string of the molecule is O=C=C(CNC(=O)c1sc(C2=NOC(c3cc(Cl)c(F)c(Cl)c3)(C(F)(F)F)C2)c2c1CCCC2)NCC(F)(F)F. The number of hydrogen-bond acceptors (Lipinski definition) is 6. The molecule has 16 heteroatoms. The van der Waals surface area contributed by atoms with Crippen molar-refractivity contribution in [1.29, 1.82) is 0 Å². The molecule has 0 saturated carbocycles. The molecule has 0 radical (unpaired) electrons. The summed E-state index contributed by atoms with van der Waals surface area (Å²) in [4.78, 5) is 29.4. The molecule has 0 fully saturated rings. The second kappa shape index (κ2) is 11.2. The lowest BCUT2D eigenvalue weighted by Gasteiger charge is -2.29. The van der Waals surface area contributed by atoms with E-state index >= 15 is 0 Å². The van der Waals surface area contributed by atoms with Crippen LogP contribution in [-0.4, -0.2) is 43.0 Å². The summed E-state index contributed by atoms with van der Waals surface area (Å²) < 4.78 is 94.5. The highest BCUT2D eigenvalue weighted by Crippen LogP contribution is 2.51. The van der Waals surface area contributed by atoms with Gasteiger partial charge in [0.25, 0.3) is 11.5 Å². The minimum absolute atomic E-state index is 0.101. The number of carbonyl (C=O) groups excluding carboxylic acids is 2. The average molecular weight is 632 g/mol. The number of benzene rings is 1. The molecular weight excluding hydrogens is 614 g/mol. The molecule has 216 valence electrons. The Labute approximate surface area is 236 Å². The fraction of sp³-hybridized carbons (Fsp3) is 0.417. The van der Waals surface area contributed by atoms with Crippen LogP contribution in [0.2, 0.25) is 10.0 Å². The van der Waals surface area contributed by atoms with E-state index in [1.54, 1.807) is 0 Å². The molecule has 1 unspecified atom stereocenters. The van der Waals surface area contributed by atoms with Gasteiger partial charge in [-0.05, 0) is 48.9 Å². The van der Waals surface area contributed by atoms with Gasteiger partial charge in [0, 0.05) is 5.56 Å². The third kappa shape index (κ3) is 5.95. The van der Waals surface area contributed by atoms with Crippen LogP contribution in [0.3, 0.4) is 0 Å². The molecule has 2 aromatic rings. The second-order valence-electron chi connectivity index (χ2n) is 9.04. The monoisotopic (exact) mass is 631 g/mol. The van der Waals surface area contributed by atoms with E-state index in [4.69, 9.17) is 28.0 Å². The van der Waals surface area contributed by atoms with E-state index in [2.05, 4.69) is 10.5 Å². The van der Waals surface area contributed by atoms with Gasteiger partial charge in [-0.2, -0.15) is 26.3 Å². The molecule has 2 heterocycles. The van der Waals surface area contributed by atoms with Crippen LogP contribution in [0, 0.1) is 5.82 Å². The quantitative estimate of drug-likeness (QED) is 0.215. The van der Waals surface area contributed by atoms with Crippen molar-refractivity contribution in [1.82, 2.24) is 10.6 Å². The molecule has 4 rings (SSSR count). The number of halogens is 9. The van der Waals surface area contributed by atoms with E-state index in [0.29, 0.717) is 36.8 Å². The van der Waals surface area contributed by atoms with Crippen molar-refractivity contribution in [3.8, 4) is 0 Å². The summed E-state index contributed by atoms with van der Waals surface area (Å²) in [5, 5.41) is 6.65. The number of thiophene rings is 1. The van der Waals surface area contributed by atoms with Crippen molar-refractivity contribution in [3.63, 3.8) is 0 Å². The zero-order chi connectivity index (χ0) is 29.5. The van der Waals surface area contributed by atoms with Gasteiger partial charge in [-0.25, -0.2) is 9.18 Å². The number of amides is 1. The molecule has 1 atom stereocenters. The number of fused-ring (bicyclic) bond motifs is 1. The van der Waals surface area contributed by atoms with Crippen molar-refractivity contribution in [2.45, 2.75) is 50.1 Å². The first kappa shape index (κ1) is 30.2. The Bertz CT molecular complexity index is 1390. The number of alkyl halides is 6. The lowest BCUT2D eigenvalue weighted by molar-refractivity contribution is -0.275. The van der Waals surface area contributed by atoms with E-state index in [0.717, 1.165) is 23.5 Å². The van der Waals surface area contributed by atoms with Crippen LogP contribution in [-0.2, 0) is 28.1 Å². The Morgan fingerprint density at radius 2 is 1.70 bits per heavy atom. The number of carbonyl (C=O) groups is 1. The van der Waals surface area contributed by atoms with Crippen LogP contribution in [0.5, 0.6) is 0 Å². The summed E-state index contributed by atoms with van der Waals surface area (Å²) in [6.07, 6.45) is -8.19. The first-order valence-corrected chi connectivity index (χ1v) is 13.2. The Hall–Kier alpha value is -2.80. The maximum atomic E-state index is 14.4. The van der Waals surface area contributed by atoms with Crippen LogP contribution in [0.15, 0.2) is 23.0 Å². The molecule has 0 spiro atoms. The van der Waals surface area contributed by atoms with E-state index in [-0.39, 0.29) is 15.5 Å². The molecule has 0 bridgehead atoms. The van der Waals surface area contributed by atoms with Gasteiger partial charge in [0.2, 0.25) is 0 Å². The van der Waals surface area contributed by atoms with Gasteiger partial charge in [0.15, 0.2) is 5.82 Å². The maximum Gasteiger partial charge on any atom is 0.435 e. The molecule has 6 nitrogen and oxygen atoms in total. The Balaban J connectivity index is 1.63. The molecule has 1 aromatic carbocycles. The van der Waals surface area contributed by atoms with Gasteiger partial charge >= 0.3 is 12.4 Å². The van der Waals surface area contributed by atoms with Crippen LogP contribution < -0.4 is 10.6 Å². The van der Waals surface area contributed by atoms with Gasteiger partial charge in [0.1, 0.15) is 23.9 Å². The number of nitrogens with zero attached hydrogens (tertiary/aromatic N) is 1. The number of hydrogen-bond donors (Lipinski definition) is 2. The van der Waals surface area contributed by atoms with Crippen LogP contribution >= 0.6 is 34.5 Å². The second-order valence-corrected chi connectivity index (χ2v) is 10.9. The predicted molar refractivity (Wildman–Crippen MR) is 133 cm³/mol. The third-order valence-electron chi connectivity index (χ3n) is 6.38. The summed E-state index contributed by atoms with van der Waals surface area (Å²) in [7, 11) is 0. The normalized spacial score (nSPS) is 18.9. The largest absolute Gasteiger partial charge is 0.435 e. The maximum absolute atomic E-state index is 14.4. The minimum atomic E-state index is -5.03. The topological polar surface area (TPSA) is 79.8 Å². The Morgan fingerprint density at radius 3 is 2.27 bits per heavy atom. The molecule has 1 aliphatic heterocycles. The fourth-order valence-electron chi connectivity index (χ4n) is 4.45. The molecule has 2 aliphatic rings. The zero-order valence-corrected chi connectivity index (χ0v) is 22.4. The van der Waals surface area contributed by atoms with Crippen molar-refractivity contribution >= 4 is 52.1 Å². The van der Waals surface area contributed by atoms with E-state index in [1.165, 1.54) is 5.94 Å². The van der Waals surface area contributed by atoms with E-state index < -0.39 is 70.5 Å². The van der Waals surface area contributed by atoms with Crippen molar-refractivity contribution in [2.75, 3.05) is 13.1 Å². The highest BCUT2D eigenvalue weighted by atomic mass is 35.5. The molecular formula is C24H18Cl2F7N3O3S. The lowest BCUT2D eigenvalue weighted by atomic mass is 9.85. The van der Waals surface area contributed by atoms with Gasteiger partial charge in [-0.15, -0.1) is 11.3 Å². The molecule has 1 aliphatic carbocycles. The summed E-state index contributed by atoms with van der Waals surface area (Å²) in [6, 6.07) is 1.53. The highest BCUT2D eigenvalue weighted by molar-refractivity contribution is 7.16. The van der Waals surface area contributed by atoms with Crippen molar-refractivity contribution in [3.05, 3.63) is 60.1 Å². The van der Waals surface area contributed by atoms with E-state index in [1.807, 2.05) is 5.32 Å². The molecule has 1 aromatic heterocycles. The molecule has 0 saturated heterocycles. The number of nitrogens with one attached hydrogen (secondary N) is 2. The van der Waals surface area contributed by atoms with Crippen molar-refractivity contribution in [2.24, 2.45) is 5.16 Å². The van der Waals surface area contributed by atoms with Gasteiger partial charge in [-0.1, -0.05) is 28.4 Å². The summed E-state index contributed by atoms with van der Waals surface area (Å²) in [5.41, 5.74) is -3.03. The first-order chi connectivity index (χ1) is 18.7.